The maximum Gasteiger partial charge on any atom is 0.130 e. The summed E-state index contributed by atoms with van der Waals surface area (Å²) in [5.41, 5.74) is 7.32. The van der Waals surface area contributed by atoms with E-state index in [1.54, 1.807) is 13.0 Å². The zero-order valence-corrected chi connectivity index (χ0v) is 11.5. The van der Waals surface area contributed by atoms with Crippen molar-refractivity contribution in [2.45, 2.75) is 44.7 Å². The third-order valence-electron chi connectivity index (χ3n) is 3.88. The van der Waals surface area contributed by atoms with Crippen LogP contribution in [0.4, 0.5) is 10.1 Å². The second-order valence-corrected chi connectivity index (χ2v) is 5.34. The number of halogens is 1. The Balaban J connectivity index is 2.40. The monoisotopic (exact) mass is 266 g/mol. The largest absolute Gasteiger partial charge is 0.394 e. The Kier molecular flexibility index (Phi) is 4.77. The molecule has 1 aromatic carbocycles. The van der Waals surface area contributed by atoms with Gasteiger partial charge in [-0.15, -0.1) is 0 Å². The van der Waals surface area contributed by atoms with Gasteiger partial charge in [0.15, 0.2) is 0 Å². The Morgan fingerprint density at radius 1 is 1.42 bits per heavy atom. The molecule has 1 aliphatic heterocycles. The van der Waals surface area contributed by atoms with Gasteiger partial charge in [0.1, 0.15) is 5.82 Å². The topological polar surface area (TPSA) is 49.5 Å². The number of aliphatic hydroxyl groups excluding tert-OH is 1. The minimum Gasteiger partial charge on any atom is -0.394 e. The van der Waals surface area contributed by atoms with E-state index in [2.05, 4.69) is 4.90 Å². The Labute approximate surface area is 114 Å². The molecule has 0 bridgehead atoms. The molecule has 1 saturated heterocycles. The van der Waals surface area contributed by atoms with E-state index in [1.807, 2.05) is 6.07 Å². The van der Waals surface area contributed by atoms with Crippen LogP contribution in [0.2, 0.25) is 0 Å². The first-order valence-electron chi connectivity index (χ1n) is 7.06. The second kappa shape index (κ2) is 6.35. The number of aliphatic hydroxyl groups is 1. The number of benzene rings is 1. The molecule has 1 fully saturated rings. The lowest BCUT2D eigenvalue weighted by Crippen LogP contribution is -2.38. The smallest absolute Gasteiger partial charge is 0.130 e. The zero-order chi connectivity index (χ0) is 13.8. The maximum atomic E-state index is 14.0. The van der Waals surface area contributed by atoms with Crippen LogP contribution in [-0.2, 0) is 0 Å². The van der Waals surface area contributed by atoms with Gasteiger partial charge in [-0.1, -0.05) is 18.9 Å². The highest BCUT2D eigenvalue weighted by Crippen LogP contribution is 2.31. The van der Waals surface area contributed by atoms with Gasteiger partial charge in [-0.2, -0.15) is 0 Å². The standard InChI is InChI=1S/C15H23FN2O/c1-11(17)15-13(16)7-5-8-14(15)18-9-4-2-3-6-12(18)10-19/h5,7-8,11-12,19H,2-4,6,9-10,17H2,1H3/t11-,12?/m1/s1. The fraction of sp³-hybridized carbons (Fsp3) is 0.600. The number of anilines is 1. The molecule has 19 heavy (non-hydrogen) atoms. The van der Waals surface area contributed by atoms with Gasteiger partial charge in [0, 0.05) is 23.8 Å². The minimum absolute atomic E-state index is 0.0711. The van der Waals surface area contributed by atoms with E-state index in [0.29, 0.717) is 5.56 Å². The Bertz CT molecular complexity index is 423. The summed E-state index contributed by atoms with van der Waals surface area (Å²) in [6.45, 7) is 2.76. The van der Waals surface area contributed by atoms with Gasteiger partial charge in [0.25, 0.3) is 0 Å². The number of nitrogens with zero attached hydrogens (tertiary/aromatic N) is 1. The van der Waals surface area contributed by atoms with E-state index in [4.69, 9.17) is 5.73 Å². The van der Waals surface area contributed by atoms with Gasteiger partial charge >= 0.3 is 0 Å². The van der Waals surface area contributed by atoms with Crippen LogP contribution in [0.15, 0.2) is 18.2 Å². The van der Waals surface area contributed by atoms with Gasteiger partial charge < -0.3 is 15.7 Å². The van der Waals surface area contributed by atoms with E-state index < -0.39 is 0 Å². The first-order valence-corrected chi connectivity index (χ1v) is 7.06. The van der Waals surface area contributed by atoms with Crippen molar-refractivity contribution in [3.05, 3.63) is 29.6 Å². The van der Waals surface area contributed by atoms with Gasteiger partial charge in [-0.05, 0) is 31.9 Å². The summed E-state index contributed by atoms with van der Waals surface area (Å²) in [6.07, 6.45) is 4.30. The number of rotatable bonds is 3. The molecule has 1 aromatic rings. The van der Waals surface area contributed by atoms with Crippen molar-refractivity contribution in [3.63, 3.8) is 0 Å². The highest BCUT2D eigenvalue weighted by atomic mass is 19.1. The molecule has 106 valence electrons. The van der Waals surface area contributed by atoms with E-state index in [-0.39, 0.29) is 24.5 Å². The van der Waals surface area contributed by atoms with Crippen LogP contribution in [0, 0.1) is 5.82 Å². The highest BCUT2D eigenvalue weighted by Gasteiger charge is 2.24. The Morgan fingerprint density at radius 3 is 2.89 bits per heavy atom. The van der Waals surface area contributed by atoms with Crippen LogP contribution in [0.25, 0.3) is 0 Å². The molecular formula is C15H23FN2O. The van der Waals surface area contributed by atoms with Gasteiger partial charge in [-0.25, -0.2) is 4.39 Å². The van der Waals surface area contributed by atoms with Crippen molar-refractivity contribution in [1.29, 1.82) is 0 Å². The van der Waals surface area contributed by atoms with Crippen LogP contribution < -0.4 is 10.6 Å². The van der Waals surface area contributed by atoms with Crippen LogP contribution in [-0.4, -0.2) is 24.3 Å². The summed E-state index contributed by atoms with van der Waals surface area (Å²) in [6, 6.07) is 4.81. The van der Waals surface area contributed by atoms with Crippen LogP contribution in [0.5, 0.6) is 0 Å². The summed E-state index contributed by atoms with van der Waals surface area (Å²) in [5, 5.41) is 9.58. The lowest BCUT2D eigenvalue weighted by Gasteiger charge is -2.33. The molecule has 3 N–H and O–H groups in total. The SMILES string of the molecule is C[C@@H](N)c1c(F)cccc1N1CCCCCC1CO. The Hall–Kier alpha value is -1.13. The number of hydrogen-bond donors (Lipinski definition) is 2. The molecule has 2 atom stereocenters. The zero-order valence-electron chi connectivity index (χ0n) is 11.5. The molecular weight excluding hydrogens is 243 g/mol. The average Bonchev–Trinajstić information content (AvgIpc) is 2.62. The molecule has 0 spiro atoms. The number of hydrogen-bond acceptors (Lipinski definition) is 3. The van der Waals surface area contributed by atoms with Gasteiger partial charge in [-0.3, -0.25) is 0 Å². The van der Waals surface area contributed by atoms with Crippen molar-refractivity contribution in [1.82, 2.24) is 0 Å². The van der Waals surface area contributed by atoms with Crippen LogP contribution in [0.1, 0.15) is 44.2 Å². The molecule has 0 aromatic heterocycles. The molecule has 1 heterocycles. The summed E-state index contributed by atoms with van der Waals surface area (Å²) < 4.78 is 14.0. The van der Waals surface area contributed by atoms with E-state index >= 15 is 0 Å². The van der Waals surface area contributed by atoms with Crippen molar-refractivity contribution in [2.24, 2.45) is 5.73 Å². The summed E-state index contributed by atoms with van der Waals surface area (Å²) in [7, 11) is 0. The third-order valence-corrected chi connectivity index (χ3v) is 3.88. The lowest BCUT2D eigenvalue weighted by atomic mass is 10.0. The van der Waals surface area contributed by atoms with Crippen molar-refractivity contribution in [2.75, 3.05) is 18.1 Å². The van der Waals surface area contributed by atoms with Crippen LogP contribution >= 0.6 is 0 Å². The molecule has 0 amide bonds. The fourth-order valence-electron chi connectivity index (χ4n) is 2.91. The van der Waals surface area contributed by atoms with Gasteiger partial charge in [0.2, 0.25) is 0 Å². The first-order chi connectivity index (χ1) is 9.15. The lowest BCUT2D eigenvalue weighted by molar-refractivity contribution is 0.255. The number of nitrogens with two attached hydrogens (primary N) is 1. The molecule has 0 radical (unpaired) electrons. The first kappa shape index (κ1) is 14.3. The van der Waals surface area contributed by atoms with E-state index in [9.17, 15) is 9.50 Å². The normalized spacial score (nSPS) is 22.1. The van der Waals surface area contributed by atoms with Crippen molar-refractivity contribution >= 4 is 5.69 Å². The van der Waals surface area contributed by atoms with Crippen molar-refractivity contribution in [3.8, 4) is 0 Å². The van der Waals surface area contributed by atoms with Crippen molar-refractivity contribution < 1.29 is 9.50 Å². The molecule has 0 saturated carbocycles. The summed E-state index contributed by atoms with van der Waals surface area (Å²) >= 11 is 0. The van der Waals surface area contributed by atoms with E-state index in [0.717, 1.165) is 37.9 Å². The van der Waals surface area contributed by atoms with Crippen LogP contribution in [0.3, 0.4) is 0 Å². The van der Waals surface area contributed by atoms with E-state index in [1.165, 1.54) is 6.07 Å². The quantitative estimate of drug-likeness (QED) is 0.884. The molecule has 1 aliphatic rings. The highest BCUT2D eigenvalue weighted by molar-refractivity contribution is 5.56. The fourth-order valence-corrected chi connectivity index (χ4v) is 2.91. The maximum absolute atomic E-state index is 14.0. The third kappa shape index (κ3) is 3.07. The summed E-state index contributed by atoms with van der Waals surface area (Å²) in [4.78, 5) is 2.13. The second-order valence-electron chi connectivity index (χ2n) is 5.34. The Morgan fingerprint density at radius 2 is 2.21 bits per heavy atom. The molecule has 1 unspecified atom stereocenters. The molecule has 3 nitrogen and oxygen atoms in total. The molecule has 2 rings (SSSR count). The predicted molar refractivity (Wildman–Crippen MR) is 75.7 cm³/mol. The predicted octanol–water partition coefficient (Wildman–Crippen LogP) is 2.59. The van der Waals surface area contributed by atoms with Gasteiger partial charge in [0.05, 0.1) is 12.6 Å². The average molecular weight is 266 g/mol. The summed E-state index contributed by atoms with van der Waals surface area (Å²) in [5.74, 6) is -0.256. The molecule has 4 heteroatoms. The molecule has 0 aliphatic carbocycles. The minimum atomic E-state index is -0.348.